The highest BCUT2D eigenvalue weighted by molar-refractivity contribution is 5.23. The molecule has 0 aromatic rings. The molecule has 240 valence electrons. The van der Waals surface area contributed by atoms with E-state index in [4.69, 9.17) is 14.2 Å². The van der Waals surface area contributed by atoms with Gasteiger partial charge in [0, 0.05) is 5.41 Å². The minimum absolute atomic E-state index is 0.00866. The lowest BCUT2D eigenvalue weighted by molar-refractivity contribution is -0.346. The monoisotopic (exact) mass is 594 g/mol. The zero-order valence-electron chi connectivity index (χ0n) is 26.0. The molecule has 5 saturated carbocycles. The summed E-state index contributed by atoms with van der Waals surface area (Å²) in [5, 5.41) is 64.1. The molecule has 0 spiro atoms. The van der Waals surface area contributed by atoms with Crippen molar-refractivity contribution in [2.75, 3.05) is 13.2 Å². The summed E-state index contributed by atoms with van der Waals surface area (Å²) in [6.07, 6.45) is -0.435. The van der Waals surface area contributed by atoms with Gasteiger partial charge < -0.3 is 44.8 Å². The standard InChI is InChI=1S/C33H54O9/c1-29(2)21(36)8-9-30(3)20-7-6-16-22-26-17(35)12-33(22,15-40-26)11-10-31(16,4)32(20,5)13-18(27(29)30)41-28-25(39)24(38)23(37)19(14-34)42-28/h16-28,34-39H,6-15H2,1-5H3. The molecule has 0 radical (unpaired) electrons. The van der Waals surface area contributed by atoms with Crippen LogP contribution in [0.15, 0.2) is 0 Å². The van der Waals surface area contributed by atoms with Crippen LogP contribution in [-0.4, -0.2) is 99.0 Å². The van der Waals surface area contributed by atoms with E-state index in [-0.39, 0.29) is 45.9 Å². The van der Waals surface area contributed by atoms with E-state index in [1.54, 1.807) is 0 Å². The third-order valence-electron chi connectivity index (χ3n) is 15.1. The highest BCUT2D eigenvalue weighted by Gasteiger charge is 2.75. The van der Waals surface area contributed by atoms with Crippen LogP contribution >= 0.6 is 0 Å². The zero-order chi connectivity index (χ0) is 30.2. The van der Waals surface area contributed by atoms with Crippen molar-refractivity contribution in [2.24, 2.45) is 50.7 Å². The summed E-state index contributed by atoms with van der Waals surface area (Å²) in [6.45, 7) is 11.9. The Labute approximate surface area is 249 Å². The highest BCUT2D eigenvalue weighted by atomic mass is 16.7. The lowest BCUT2D eigenvalue weighted by Gasteiger charge is -2.73. The molecule has 0 aromatic heterocycles. The number of hydrogen-bond acceptors (Lipinski definition) is 9. The van der Waals surface area contributed by atoms with Gasteiger partial charge >= 0.3 is 0 Å². The Kier molecular flexibility index (Phi) is 6.91. The van der Waals surface area contributed by atoms with Gasteiger partial charge in [-0.1, -0.05) is 34.6 Å². The molecule has 7 rings (SSSR count). The maximum absolute atomic E-state index is 11.3. The van der Waals surface area contributed by atoms with E-state index >= 15 is 0 Å². The molecule has 9 nitrogen and oxygen atoms in total. The zero-order valence-corrected chi connectivity index (χ0v) is 26.0. The first-order valence-electron chi connectivity index (χ1n) is 16.6. The van der Waals surface area contributed by atoms with Gasteiger partial charge in [-0.15, -0.1) is 0 Å². The van der Waals surface area contributed by atoms with Crippen molar-refractivity contribution >= 4 is 0 Å². The topological polar surface area (TPSA) is 149 Å². The Balaban J connectivity index is 1.28. The van der Waals surface area contributed by atoms with Crippen LogP contribution in [0, 0.1) is 50.7 Å². The van der Waals surface area contributed by atoms with Crippen LogP contribution in [0.5, 0.6) is 0 Å². The molecule has 2 aliphatic heterocycles. The molecule has 0 aromatic carbocycles. The van der Waals surface area contributed by atoms with Crippen LogP contribution in [0.2, 0.25) is 0 Å². The van der Waals surface area contributed by atoms with Gasteiger partial charge in [0.15, 0.2) is 6.29 Å². The summed E-state index contributed by atoms with van der Waals surface area (Å²) in [6, 6.07) is 0. The lowest BCUT2D eigenvalue weighted by atomic mass is 9.32. The van der Waals surface area contributed by atoms with E-state index in [9.17, 15) is 30.6 Å². The molecule has 5 aliphatic carbocycles. The molecule has 42 heavy (non-hydrogen) atoms. The quantitative estimate of drug-likeness (QED) is 0.270. The molecule has 7 fully saturated rings. The molecule has 17 atom stereocenters. The Hall–Kier alpha value is -0.360. The largest absolute Gasteiger partial charge is 0.394 e. The summed E-state index contributed by atoms with van der Waals surface area (Å²) < 4.78 is 19.0. The van der Waals surface area contributed by atoms with Gasteiger partial charge in [0.1, 0.15) is 24.4 Å². The Bertz CT molecular complexity index is 1070. The second kappa shape index (κ2) is 9.58. The van der Waals surface area contributed by atoms with Gasteiger partial charge in [0.2, 0.25) is 0 Å². The number of hydrogen-bond donors (Lipinski definition) is 6. The average Bonchev–Trinajstić information content (AvgIpc) is 3.44. The number of aliphatic hydroxyl groups is 6. The summed E-state index contributed by atoms with van der Waals surface area (Å²) >= 11 is 0. The summed E-state index contributed by atoms with van der Waals surface area (Å²) in [7, 11) is 0. The molecule has 2 heterocycles. The number of ether oxygens (including phenoxy) is 3. The number of aliphatic hydroxyl groups excluding tert-OH is 6. The average molecular weight is 595 g/mol. The van der Waals surface area contributed by atoms with Crippen molar-refractivity contribution in [1.82, 2.24) is 0 Å². The second-order valence-electron chi connectivity index (χ2n) is 16.9. The Morgan fingerprint density at radius 1 is 0.810 bits per heavy atom. The first-order valence-corrected chi connectivity index (χ1v) is 16.6. The summed E-state index contributed by atoms with van der Waals surface area (Å²) in [4.78, 5) is 0. The lowest BCUT2D eigenvalue weighted by Crippen LogP contribution is -2.70. The maximum atomic E-state index is 11.3. The fourth-order valence-corrected chi connectivity index (χ4v) is 13.0. The predicted molar refractivity (Wildman–Crippen MR) is 152 cm³/mol. The van der Waals surface area contributed by atoms with Crippen molar-refractivity contribution in [2.45, 2.75) is 141 Å². The maximum Gasteiger partial charge on any atom is 0.186 e. The Morgan fingerprint density at radius 2 is 1.55 bits per heavy atom. The highest BCUT2D eigenvalue weighted by Crippen LogP contribution is 2.78. The van der Waals surface area contributed by atoms with Crippen LogP contribution in [-0.2, 0) is 14.2 Å². The van der Waals surface area contributed by atoms with Crippen molar-refractivity contribution < 1.29 is 44.8 Å². The van der Waals surface area contributed by atoms with Gasteiger partial charge in [-0.25, -0.2) is 0 Å². The van der Waals surface area contributed by atoms with E-state index in [0.717, 1.165) is 58.0 Å². The molecule has 2 saturated heterocycles. The predicted octanol–water partition coefficient (Wildman–Crippen LogP) is 1.98. The first-order chi connectivity index (χ1) is 19.6. The first kappa shape index (κ1) is 30.3. The van der Waals surface area contributed by atoms with Crippen LogP contribution in [0.3, 0.4) is 0 Å². The SMILES string of the molecule is CC1(C)C(O)CCC2(C)C1C(OC1OC(CO)C(O)C(O)C1O)CC1(C)C2CCC2C3C4OCC3(CCC21C)CC4O. The van der Waals surface area contributed by atoms with Crippen molar-refractivity contribution in [3.63, 3.8) is 0 Å². The molecule has 17 unspecified atom stereocenters. The molecular weight excluding hydrogens is 540 g/mol. The summed E-state index contributed by atoms with van der Waals surface area (Å²) in [5.41, 5.74) is -0.633. The number of rotatable bonds is 3. The second-order valence-corrected chi connectivity index (χ2v) is 16.9. The van der Waals surface area contributed by atoms with Gasteiger partial charge in [0.25, 0.3) is 0 Å². The molecular formula is C33H54O9. The van der Waals surface area contributed by atoms with Gasteiger partial charge in [0.05, 0.1) is 37.6 Å². The molecule has 0 amide bonds. The third kappa shape index (κ3) is 3.69. The van der Waals surface area contributed by atoms with E-state index in [2.05, 4.69) is 34.6 Å². The minimum Gasteiger partial charge on any atom is -0.394 e. The van der Waals surface area contributed by atoms with Crippen LogP contribution in [0.1, 0.15) is 86.0 Å². The van der Waals surface area contributed by atoms with Crippen molar-refractivity contribution in [3.8, 4) is 0 Å². The van der Waals surface area contributed by atoms with Crippen LogP contribution in [0.25, 0.3) is 0 Å². The molecule has 7 aliphatic rings. The fraction of sp³-hybridized carbons (Fsp3) is 1.00. The van der Waals surface area contributed by atoms with Crippen LogP contribution in [0.4, 0.5) is 0 Å². The molecule has 9 heteroatoms. The van der Waals surface area contributed by atoms with Crippen molar-refractivity contribution in [3.05, 3.63) is 0 Å². The van der Waals surface area contributed by atoms with Gasteiger partial charge in [-0.3, -0.25) is 0 Å². The smallest absolute Gasteiger partial charge is 0.186 e. The third-order valence-corrected chi connectivity index (χ3v) is 15.1. The van der Waals surface area contributed by atoms with E-state index in [1.165, 1.54) is 0 Å². The van der Waals surface area contributed by atoms with E-state index in [0.29, 0.717) is 17.8 Å². The molecule has 6 N–H and O–H groups in total. The fourth-order valence-electron chi connectivity index (χ4n) is 13.0. The van der Waals surface area contributed by atoms with Gasteiger partial charge in [-0.2, -0.15) is 0 Å². The molecule has 2 bridgehead atoms. The van der Waals surface area contributed by atoms with Crippen LogP contribution < -0.4 is 0 Å². The minimum atomic E-state index is -1.50. The van der Waals surface area contributed by atoms with E-state index < -0.39 is 48.8 Å². The Morgan fingerprint density at radius 3 is 2.24 bits per heavy atom. The van der Waals surface area contributed by atoms with Gasteiger partial charge in [-0.05, 0) is 96.7 Å². The van der Waals surface area contributed by atoms with E-state index in [1.807, 2.05) is 0 Å². The normalized spacial score (nSPS) is 61.6. The summed E-state index contributed by atoms with van der Waals surface area (Å²) in [5.74, 6) is 1.19. The number of fused-ring (bicyclic) bond motifs is 5. The van der Waals surface area contributed by atoms with Crippen molar-refractivity contribution in [1.29, 1.82) is 0 Å².